The largest absolute Gasteiger partial charge is 0.300 e. The Kier molecular flexibility index (Phi) is 4.63. The molecule has 0 amide bonds. The zero-order valence-electron chi connectivity index (χ0n) is 9.04. The molecular formula is C12H18OS2. The highest BCUT2D eigenvalue weighted by atomic mass is 32.2. The Morgan fingerprint density at radius 3 is 2.80 bits per heavy atom. The summed E-state index contributed by atoms with van der Waals surface area (Å²) in [7, 11) is 0. The fourth-order valence-corrected chi connectivity index (χ4v) is 4.57. The van der Waals surface area contributed by atoms with Crippen LogP contribution >= 0.6 is 23.5 Å². The molecule has 1 unspecified atom stereocenters. The van der Waals surface area contributed by atoms with Crippen molar-refractivity contribution in [3.8, 4) is 0 Å². The van der Waals surface area contributed by atoms with E-state index >= 15 is 0 Å². The summed E-state index contributed by atoms with van der Waals surface area (Å²) in [5.74, 6) is 3.68. The average Bonchev–Trinajstić information content (AvgIpc) is 2.28. The zero-order valence-corrected chi connectivity index (χ0v) is 10.7. The second-order valence-electron chi connectivity index (χ2n) is 4.31. The lowest BCUT2D eigenvalue weighted by Crippen LogP contribution is -2.14. The molecule has 1 saturated carbocycles. The summed E-state index contributed by atoms with van der Waals surface area (Å²) in [6, 6.07) is 0. The van der Waals surface area contributed by atoms with E-state index in [9.17, 15) is 4.79 Å². The monoisotopic (exact) mass is 242 g/mol. The summed E-state index contributed by atoms with van der Waals surface area (Å²) >= 11 is 3.98. The van der Waals surface area contributed by atoms with E-state index in [1.165, 1.54) is 28.6 Å². The van der Waals surface area contributed by atoms with Crippen molar-refractivity contribution >= 4 is 29.3 Å². The molecule has 15 heavy (non-hydrogen) atoms. The predicted molar refractivity (Wildman–Crippen MR) is 69.2 cm³/mol. The number of allylic oxidation sites excluding steroid dienone is 1. The number of rotatable bonds is 2. The Morgan fingerprint density at radius 1 is 1.27 bits per heavy atom. The van der Waals surface area contributed by atoms with Gasteiger partial charge in [0.25, 0.3) is 0 Å². The van der Waals surface area contributed by atoms with Gasteiger partial charge in [0, 0.05) is 17.1 Å². The average molecular weight is 242 g/mol. The van der Waals surface area contributed by atoms with Crippen molar-refractivity contribution in [2.24, 2.45) is 5.92 Å². The molecule has 2 fully saturated rings. The normalized spacial score (nSPS) is 27.9. The van der Waals surface area contributed by atoms with Crippen molar-refractivity contribution in [2.45, 2.75) is 38.5 Å². The third-order valence-electron chi connectivity index (χ3n) is 2.98. The Balaban J connectivity index is 1.78. The smallest absolute Gasteiger partial charge is 0.133 e. The molecule has 84 valence electrons. The van der Waals surface area contributed by atoms with Crippen LogP contribution in [-0.4, -0.2) is 17.3 Å². The van der Waals surface area contributed by atoms with Gasteiger partial charge >= 0.3 is 0 Å². The molecule has 0 radical (unpaired) electrons. The van der Waals surface area contributed by atoms with Crippen LogP contribution in [0.4, 0.5) is 0 Å². The lowest BCUT2D eigenvalue weighted by Gasteiger charge is -2.20. The highest BCUT2D eigenvalue weighted by molar-refractivity contribution is 8.22. The van der Waals surface area contributed by atoms with Gasteiger partial charge in [0.2, 0.25) is 0 Å². The Bertz CT molecular complexity index is 252. The van der Waals surface area contributed by atoms with Crippen LogP contribution in [-0.2, 0) is 4.79 Å². The van der Waals surface area contributed by atoms with Crippen LogP contribution in [0, 0.1) is 5.92 Å². The second-order valence-corrected chi connectivity index (χ2v) is 6.84. The summed E-state index contributed by atoms with van der Waals surface area (Å²) in [5.41, 5.74) is 0. The van der Waals surface area contributed by atoms with Gasteiger partial charge in [-0.15, -0.1) is 23.5 Å². The third kappa shape index (κ3) is 3.87. The molecule has 1 atom stereocenters. The predicted octanol–water partition coefficient (Wildman–Crippen LogP) is 3.85. The first-order chi connectivity index (χ1) is 7.34. The fourth-order valence-electron chi connectivity index (χ4n) is 2.14. The molecule has 2 rings (SSSR count). The topological polar surface area (TPSA) is 17.1 Å². The van der Waals surface area contributed by atoms with Gasteiger partial charge in [-0.25, -0.2) is 0 Å². The molecule has 0 bridgehead atoms. The van der Waals surface area contributed by atoms with E-state index in [1.807, 2.05) is 23.5 Å². The molecule has 0 spiro atoms. The van der Waals surface area contributed by atoms with Crippen LogP contribution in [0.2, 0.25) is 0 Å². The van der Waals surface area contributed by atoms with Crippen LogP contribution in [0.5, 0.6) is 0 Å². The second kappa shape index (κ2) is 6.00. The fraction of sp³-hybridized carbons (Fsp3) is 0.750. The minimum absolute atomic E-state index is 0.480. The maximum atomic E-state index is 11.3. The summed E-state index contributed by atoms with van der Waals surface area (Å²) < 4.78 is 1.50. The highest BCUT2D eigenvalue weighted by Crippen LogP contribution is 2.36. The first-order valence-electron chi connectivity index (χ1n) is 5.82. The van der Waals surface area contributed by atoms with E-state index in [0.717, 1.165) is 25.7 Å². The van der Waals surface area contributed by atoms with E-state index in [0.29, 0.717) is 11.7 Å². The SMILES string of the molecule is O=C1CCCC(CC=C2SCCCS2)C1. The van der Waals surface area contributed by atoms with Gasteiger partial charge in [0.1, 0.15) is 5.78 Å². The van der Waals surface area contributed by atoms with Gasteiger partial charge in [-0.1, -0.05) is 6.08 Å². The minimum Gasteiger partial charge on any atom is -0.300 e. The standard InChI is InChI=1S/C12H18OS2/c13-11-4-1-3-10(9-11)5-6-12-14-7-2-8-15-12/h6,10H,1-5,7-9H2. The molecule has 0 aromatic heterocycles. The maximum Gasteiger partial charge on any atom is 0.133 e. The summed E-state index contributed by atoms with van der Waals surface area (Å²) in [6.07, 6.45) is 8.88. The molecule has 0 N–H and O–H groups in total. The lowest BCUT2D eigenvalue weighted by atomic mass is 9.86. The van der Waals surface area contributed by atoms with Crippen LogP contribution < -0.4 is 0 Å². The lowest BCUT2D eigenvalue weighted by molar-refractivity contribution is -0.121. The highest BCUT2D eigenvalue weighted by Gasteiger charge is 2.18. The van der Waals surface area contributed by atoms with Crippen molar-refractivity contribution < 1.29 is 4.79 Å². The van der Waals surface area contributed by atoms with Crippen LogP contribution in [0.1, 0.15) is 38.5 Å². The quantitative estimate of drug-likeness (QED) is 0.732. The van der Waals surface area contributed by atoms with Crippen molar-refractivity contribution in [1.82, 2.24) is 0 Å². The molecule has 1 aliphatic carbocycles. The zero-order chi connectivity index (χ0) is 10.5. The maximum absolute atomic E-state index is 11.3. The molecule has 1 aliphatic heterocycles. The van der Waals surface area contributed by atoms with Crippen molar-refractivity contribution in [1.29, 1.82) is 0 Å². The summed E-state index contributed by atoms with van der Waals surface area (Å²) in [4.78, 5) is 11.3. The molecule has 1 heterocycles. The van der Waals surface area contributed by atoms with E-state index in [1.54, 1.807) is 0 Å². The van der Waals surface area contributed by atoms with Gasteiger partial charge in [-0.05, 0) is 43.1 Å². The van der Waals surface area contributed by atoms with E-state index < -0.39 is 0 Å². The van der Waals surface area contributed by atoms with Crippen LogP contribution in [0.15, 0.2) is 10.3 Å². The number of ketones is 1. The van der Waals surface area contributed by atoms with Crippen molar-refractivity contribution in [3.05, 3.63) is 10.3 Å². The number of Topliss-reactive ketones (excluding diaryl/α,β-unsaturated/α-hetero) is 1. The van der Waals surface area contributed by atoms with Crippen molar-refractivity contribution in [2.75, 3.05) is 11.5 Å². The third-order valence-corrected chi connectivity index (χ3v) is 5.57. The van der Waals surface area contributed by atoms with E-state index in [4.69, 9.17) is 0 Å². The molecular weight excluding hydrogens is 224 g/mol. The molecule has 0 aromatic rings. The van der Waals surface area contributed by atoms with Crippen molar-refractivity contribution in [3.63, 3.8) is 0 Å². The van der Waals surface area contributed by atoms with Gasteiger partial charge in [-0.2, -0.15) is 0 Å². The van der Waals surface area contributed by atoms with Gasteiger partial charge in [0.15, 0.2) is 0 Å². The van der Waals surface area contributed by atoms with Gasteiger partial charge in [0.05, 0.1) is 0 Å². The first kappa shape index (κ1) is 11.6. The molecule has 1 nitrogen and oxygen atoms in total. The molecule has 0 aromatic carbocycles. The Hall–Kier alpha value is 0.110. The summed E-state index contributed by atoms with van der Waals surface area (Å²) in [6.45, 7) is 0. The Morgan fingerprint density at radius 2 is 2.07 bits per heavy atom. The molecule has 2 aliphatic rings. The number of hydrogen-bond donors (Lipinski definition) is 0. The van der Waals surface area contributed by atoms with Gasteiger partial charge < -0.3 is 0 Å². The first-order valence-corrected chi connectivity index (χ1v) is 7.79. The number of carbonyl (C=O) groups is 1. The van der Waals surface area contributed by atoms with Crippen LogP contribution in [0.3, 0.4) is 0 Å². The van der Waals surface area contributed by atoms with E-state index in [2.05, 4.69) is 6.08 Å². The number of thioether (sulfide) groups is 2. The minimum atomic E-state index is 0.480. The number of carbonyl (C=O) groups excluding carboxylic acids is 1. The Labute approximate surface area is 100 Å². The van der Waals surface area contributed by atoms with Gasteiger partial charge in [-0.3, -0.25) is 4.79 Å². The van der Waals surface area contributed by atoms with Crippen LogP contribution in [0.25, 0.3) is 0 Å². The molecule has 1 saturated heterocycles. The summed E-state index contributed by atoms with van der Waals surface area (Å²) in [5, 5.41) is 0. The number of hydrogen-bond acceptors (Lipinski definition) is 3. The van der Waals surface area contributed by atoms with E-state index in [-0.39, 0.29) is 0 Å². The molecule has 3 heteroatoms.